The summed E-state index contributed by atoms with van der Waals surface area (Å²) < 4.78 is 0. The Morgan fingerprint density at radius 3 is 3.05 bits per heavy atom. The minimum Gasteiger partial charge on any atom is -0.370 e. The van der Waals surface area contributed by atoms with E-state index in [2.05, 4.69) is 52.5 Å². The quantitative estimate of drug-likeness (QED) is 0.843. The van der Waals surface area contributed by atoms with Gasteiger partial charge >= 0.3 is 0 Å². The molecule has 1 unspecified atom stereocenters. The van der Waals surface area contributed by atoms with Gasteiger partial charge in [0.05, 0.1) is 0 Å². The highest BCUT2D eigenvalue weighted by molar-refractivity contribution is 5.91. The second kappa shape index (κ2) is 6.90. The minimum atomic E-state index is 0.759. The topological polar surface area (TPSA) is 28.2 Å². The zero-order valence-electron chi connectivity index (χ0n) is 12.9. The third-order valence-corrected chi connectivity index (χ3v) is 4.53. The average Bonchev–Trinajstić information content (AvgIpc) is 2.53. The molecule has 3 rings (SSSR count). The van der Waals surface area contributed by atoms with E-state index in [-0.39, 0.29) is 0 Å². The predicted octanol–water partition coefficient (Wildman–Crippen LogP) is 3.91. The van der Waals surface area contributed by atoms with Gasteiger partial charge in [0.25, 0.3) is 0 Å². The Bertz CT molecular complexity index is 576. The van der Waals surface area contributed by atoms with E-state index >= 15 is 0 Å². The summed E-state index contributed by atoms with van der Waals surface area (Å²) in [4.78, 5) is 7.11. The van der Waals surface area contributed by atoms with Crippen molar-refractivity contribution in [1.82, 2.24) is 9.88 Å². The fourth-order valence-electron chi connectivity index (χ4n) is 3.24. The molecule has 3 heteroatoms. The standard InChI is InChI=1S/C18H25N3/c1-15-7-4-5-13-21(15)14-6-11-19-18-17-9-3-2-8-16(17)10-12-20-18/h2-3,8-10,12,15H,4-7,11,13-14H2,1H3,(H,19,20). The van der Waals surface area contributed by atoms with Crippen LogP contribution in [0, 0.1) is 0 Å². The summed E-state index contributed by atoms with van der Waals surface area (Å²) in [5.41, 5.74) is 0. The Balaban J connectivity index is 1.52. The van der Waals surface area contributed by atoms with Crippen LogP contribution < -0.4 is 5.32 Å². The molecular formula is C18H25N3. The third kappa shape index (κ3) is 3.53. The lowest BCUT2D eigenvalue weighted by Gasteiger charge is -2.33. The Morgan fingerprint density at radius 2 is 2.14 bits per heavy atom. The molecule has 1 fully saturated rings. The molecule has 1 aromatic heterocycles. The molecule has 0 aliphatic carbocycles. The SMILES string of the molecule is CC1CCCCN1CCCNc1nccc2ccccc12. The van der Waals surface area contributed by atoms with Crippen molar-refractivity contribution < 1.29 is 0 Å². The summed E-state index contributed by atoms with van der Waals surface area (Å²) >= 11 is 0. The van der Waals surface area contributed by atoms with Crippen LogP contribution in [0.15, 0.2) is 36.5 Å². The van der Waals surface area contributed by atoms with E-state index in [1.807, 2.05) is 6.20 Å². The third-order valence-electron chi connectivity index (χ3n) is 4.53. The van der Waals surface area contributed by atoms with Crippen molar-refractivity contribution in [3.63, 3.8) is 0 Å². The van der Waals surface area contributed by atoms with Crippen LogP contribution in [0.5, 0.6) is 0 Å². The minimum absolute atomic E-state index is 0.759. The average molecular weight is 283 g/mol. The highest BCUT2D eigenvalue weighted by Crippen LogP contribution is 2.20. The van der Waals surface area contributed by atoms with Crippen LogP contribution in [0.3, 0.4) is 0 Å². The molecule has 1 atom stereocenters. The maximum atomic E-state index is 4.48. The first-order valence-corrected chi connectivity index (χ1v) is 8.16. The molecule has 0 amide bonds. The van der Waals surface area contributed by atoms with E-state index in [1.54, 1.807) is 0 Å². The van der Waals surface area contributed by atoms with Crippen molar-refractivity contribution in [2.24, 2.45) is 0 Å². The van der Waals surface area contributed by atoms with Gasteiger partial charge in [0, 0.05) is 30.7 Å². The van der Waals surface area contributed by atoms with Gasteiger partial charge in [0.15, 0.2) is 0 Å². The van der Waals surface area contributed by atoms with Crippen molar-refractivity contribution in [3.8, 4) is 0 Å². The number of hydrogen-bond acceptors (Lipinski definition) is 3. The Labute approximate surface area is 127 Å². The molecule has 112 valence electrons. The van der Waals surface area contributed by atoms with Crippen molar-refractivity contribution in [2.75, 3.05) is 25.0 Å². The summed E-state index contributed by atoms with van der Waals surface area (Å²) in [7, 11) is 0. The lowest BCUT2D eigenvalue weighted by Crippen LogP contribution is -2.38. The van der Waals surface area contributed by atoms with E-state index in [0.717, 1.165) is 18.4 Å². The van der Waals surface area contributed by atoms with Crippen LogP contribution >= 0.6 is 0 Å². The van der Waals surface area contributed by atoms with Gasteiger partial charge in [-0.15, -0.1) is 0 Å². The summed E-state index contributed by atoms with van der Waals surface area (Å²) in [6.07, 6.45) is 7.18. The van der Waals surface area contributed by atoms with Gasteiger partial charge in [-0.1, -0.05) is 30.7 Å². The van der Waals surface area contributed by atoms with Crippen molar-refractivity contribution >= 4 is 16.6 Å². The molecule has 3 nitrogen and oxygen atoms in total. The smallest absolute Gasteiger partial charge is 0.133 e. The molecule has 1 aromatic carbocycles. The van der Waals surface area contributed by atoms with Gasteiger partial charge in [-0.2, -0.15) is 0 Å². The molecule has 0 saturated carbocycles. The fourth-order valence-corrected chi connectivity index (χ4v) is 3.24. The van der Waals surface area contributed by atoms with Gasteiger partial charge in [-0.25, -0.2) is 4.98 Å². The maximum absolute atomic E-state index is 4.48. The number of fused-ring (bicyclic) bond motifs is 1. The van der Waals surface area contributed by atoms with Crippen molar-refractivity contribution in [2.45, 2.75) is 38.6 Å². The predicted molar refractivity (Wildman–Crippen MR) is 89.7 cm³/mol. The van der Waals surface area contributed by atoms with Crippen LogP contribution in [0.1, 0.15) is 32.6 Å². The van der Waals surface area contributed by atoms with Gasteiger partial charge in [0.2, 0.25) is 0 Å². The first-order valence-electron chi connectivity index (χ1n) is 8.16. The second-order valence-electron chi connectivity index (χ2n) is 6.04. The van der Waals surface area contributed by atoms with E-state index in [4.69, 9.17) is 0 Å². The molecular weight excluding hydrogens is 258 g/mol. The molecule has 0 bridgehead atoms. The molecule has 1 aliphatic rings. The molecule has 1 saturated heterocycles. The van der Waals surface area contributed by atoms with Gasteiger partial charge in [-0.3, -0.25) is 0 Å². The van der Waals surface area contributed by atoms with E-state index in [9.17, 15) is 0 Å². The molecule has 1 N–H and O–H groups in total. The van der Waals surface area contributed by atoms with E-state index < -0.39 is 0 Å². The number of benzene rings is 1. The maximum Gasteiger partial charge on any atom is 0.133 e. The van der Waals surface area contributed by atoms with E-state index in [0.29, 0.717) is 0 Å². The van der Waals surface area contributed by atoms with Gasteiger partial charge in [0.1, 0.15) is 5.82 Å². The Hall–Kier alpha value is -1.61. The van der Waals surface area contributed by atoms with Crippen molar-refractivity contribution in [1.29, 1.82) is 0 Å². The Morgan fingerprint density at radius 1 is 1.24 bits per heavy atom. The summed E-state index contributed by atoms with van der Waals surface area (Å²) in [6, 6.07) is 11.2. The first kappa shape index (κ1) is 14.3. The molecule has 21 heavy (non-hydrogen) atoms. The molecule has 1 aliphatic heterocycles. The molecule has 2 aromatic rings. The number of piperidine rings is 1. The highest BCUT2D eigenvalue weighted by atomic mass is 15.2. The zero-order chi connectivity index (χ0) is 14.5. The van der Waals surface area contributed by atoms with Crippen molar-refractivity contribution in [3.05, 3.63) is 36.5 Å². The summed E-state index contributed by atoms with van der Waals surface area (Å²) in [6.45, 7) is 5.82. The number of pyridine rings is 1. The van der Waals surface area contributed by atoms with Crippen LogP contribution in [0.25, 0.3) is 10.8 Å². The number of hydrogen-bond donors (Lipinski definition) is 1. The van der Waals surface area contributed by atoms with Crippen LogP contribution in [0.4, 0.5) is 5.82 Å². The number of nitrogens with one attached hydrogen (secondary N) is 1. The highest BCUT2D eigenvalue weighted by Gasteiger charge is 2.17. The largest absolute Gasteiger partial charge is 0.370 e. The number of rotatable bonds is 5. The van der Waals surface area contributed by atoms with Crippen LogP contribution in [-0.4, -0.2) is 35.6 Å². The Kier molecular flexibility index (Phi) is 4.71. The zero-order valence-corrected chi connectivity index (χ0v) is 12.9. The molecule has 0 spiro atoms. The van der Waals surface area contributed by atoms with Crippen LogP contribution in [0.2, 0.25) is 0 Å². The van der Waals surface area contributed by atoms with E-state index in [1.165, 1.54) is 49.5 Å². The molecule has 0 radical (unpaired) electrons. The van der Waals surface area contributed by atoms with Gasteiger partial charge in [-0.05, 0) is 44.2 Å². The number of anilines is 1. The number of aromatic nitrogens is 1. The number of likely N-dealkylation sites (tertiary alicyclic amines) is 1. The monoisotopic (exact) mass is 283 g/mol. The first-order chi connectivity index (χ1) is 10.3. The molecule has 2 heterocycles. The lowest BCUT2D eigenvalue weighted by atomic mass is 10.0. The summed E-state index contributed by atoms with van der Waals surface area (Å²) in [5, 5.41) is 5.97. The fraction of sp³-hybridized carbons (Fsp3) is 0.500. The van der Waals surface area contributed by atoms with Gasteiger partial charge < -0.3 is 10.2 Å². The van der Waals surface area contributed by atoms with Crippen LogP contribution in [-0.2, 0) is 0 Å². The second-order valence-corrected chi connectivity index (χ2v) is 6.04. The number of nitrogens with zero attached hydrogens (tertiary/aromatic N) is 2. The lowest BCUT2D eigenvalue weighted by molar-refractivity contribution is 0.160. The summed E-state index contributed by atoms with van der Waals surface area (Å²) in [5.74, 6) is 1.01. The normalized spacial score (nSPS) is 19.8.